The topological polar surface area (TPSA) is 95.6 Å². The highest BCUT2D eigenvalue weighted by Crippen LogP contribution is 2.21. The third kappa shape index (κ3) is 7.40. The van der Waals surface area contributed by atoms with E-state index in [9.17, 15) is 18.0 Å². The molecule has 3 rings (SSSR count). The minimum Gasteiger partial charge on any atom is -0.351 e. The van der Waals surface area contributed by atoms with Crippen molar-refractivity contribution < 1.29 is 18.0 Å². The second kappa shape index (κ2) is 10.1. The number of hydrogen-bond acceptors (Lipinski definition) is 5. The van der Waals surface area contributed by atoms with Gasteiger partial charge in [0, 0.05) is 35.5 Å². The number of sulfone groups is 1. The maximum atomic E-state index is 12.6. The van der Waals surface area contributed by atoms with Gasteiger partial charge in [-0.1, -0.05) is 12.1 Å². The standard InChI is InChI=1S/C25H33N3O4S/c1-25(2,3)27-24(30)20-12-14-28(15-13-20)17-18-6-5-7-21(16-18)26-23(29)19-8-10-22(11-9-19)33(4,31)32/h5-11,16,20H,12-15,17H2,1-4H3,(H,26,29)(H,27,30). The number of rotatable bonds is 6. The first-order valence-electron chi connectivity index (χ1n) is 11.2. The van der Waals surface area contributed by atoms with Crippen LogP contribution in [0.1, 0.15) is 49.5 Å². The average Bonchev–Trinajstić information content (AvgIpc) is 2.73. The van der Waals surface area contributed by atoms with Crippen LogP contribution in [0.2, 0.25) is 0 Å². The molecule has 178 valence electrons. The Balaban J connectivity index is 1.55. The molecule has 0 aliphatic carbocycles. The second-order valence-corrected chi connectivity index (χ2v) is 11.8. The van der Waals surface area contributed by atoms with Crippen molar-refractivity contribution in [1.29, 1.82) is 0 Å². The molecule has 0 aromatic heterocycles. The number of piperidine rings is 1. The van der Waals surface area contributed by atoms with Crippen molar-refractivity contribution in [2.24, 2.45) is 5.92 Å². The number of benzene rings is 2. The average molecular weight is 472 g/mol. The summed E-state index contributed by atoms with van der Waals surface area (Å²) < 4.78 is 23.2. The van der Waals surface area contributed by atoms with E-state index < -0.39 is 9.84 Å². The molecule has 1 fully saturated rings. The Kier molecular flexibility index (Phi) is 7.59. The zero-order chi connectivity index (χ0) is 24.2. The number of carbonyl (C=O) groups excluding carboxylic acids is 2. The summed E-state index contributed by atoms with van der Waals surface area (Å²) in [6.45, 7) is 8.45. The molecule has 0 bridgehead atoms. The summed E-state index contributed by atoms with van der Waals surface area (Å²) in [4.78, 5) is 27.5. The van der Waals surface area contributed by atoms with E-state index in [-0.39, 0.29) is 28.2 Å². The molecule has 1 heterocycles. The number of hydrogen-bond donors (Lipinski definition) is 2. The molecular weight excluding hydrogens is 438 g/mol. The van der Waals surface area contributed by atoms with Crippen molar-refractivity contribution in [3.63, 3.8) is 0 Å². The molecule has 2 amide bonds. The number of carbonyl (C=O) groups is 2. The van der Waals surface area contributed by atoms with E-state index in [2.05, 4.69) is 15.5 Å². The molecule has 1 saturated heterocycles. The highest BCUT2D eigenvalue weighted by Gasteiger charge is 2.27. The number of nitrogens with zero attached hydrogens (tertiary/aromatic N) is 1. The summed E-state index contributed by atoms with van der Waals surface area (Å²) >= 11 is 0. The number of anilines is 1. The maximum Gasteiger partial charge on any atom is 0.255 e. The molecule has 0 spiro atoms. The van der Waals surface area contributed by atoms with Crippen molar-refractivity contribution in [1.82, 2.24) is 10.2 Å². The Labute approximate surface area is 196 Å². The number of nitrogens with one attached hydrogen (secondary N) is 2. The molecule has 2 aromatic carbocycles. The molecule has 8 heteroatoms. The van der Waals surface area contributed by atoms with Crippen LogP contribution in [-0.2, 0) is 21.2 Å². The van der Waals surface area contributed by atoms with Gasteiger partial charge in [-0.05, 0) is 88.7 Å². The van der Waals surface area contributed by atoms with Crippen LogP contribution in [0.25, 0.3) is 0 Å². The summed E-state index contributed by atoms with van der Waals surface area (Å²) in [5, 5.41) is 5.95. The third-order valence-electron chi connectivity index (χ3n) is 5.59. The predicted molar refractivity (Wildman–Crippen MR) is 130 cm³/mol. The van der Waals surface area contributed by atoms with E-state index >= 15 is 0 Å². The van der Waals surface area contributed by atoms with Crippen molar-refractivity contribution in [2.45, 2.75) is 50.6 Å². The van der Waals surface area contributed by atoms with Crippen molar-refractivity contribution in [3.05, 3.63) is 59.7 Å². The zero-order valence-electron chi connectivity index (χ0n) is 19.7. The fourth-order valence-electron chi connectivity index (χ4n) is 3.89. The van der Waals surface area contributed by atoms with Gasteiger partial charge in [0.2, 0.25) is 5.91 Å². The van der Waals surface area contributed by atoms with Crippen LogP contribution in [0.15, 0.2) is 53.4 Å². The van der Waals surface area contributed by atoms with Gasteiger partial charge in [0.15, 0.2) is 9.84 Å². The molecule has 1 aliphatic heterocycles. The van der Waals surface area contributed by atoms with E-state index in [1.807, 2.05) is 45.0 Å². The quantitative estimate of drug-likeness (QED) is 0.673. The largest absolute Gasteiger partial charge is 0.351 e. The smallest absolute Gasteiger partial charge is 0.255 e. The number of likely N-dealkylation sites (tertiary alicyclic amines) is 1. The van der Waals surface area contributed by atoms with Gasteiger partial charge < -0.3 is 10.6 Å². The first kappa shape index (κ1) is 24.9. The van der Waals surface area contributed by atoms with E-state index in [1.165, 1.54) is 24.3 Å². The van der Waals surface area contributed by atoms with Gasteiger partial charge in [-0.15, -0.1) is 0 Å². The zero-order valence-corrected chi connectivity index (χ0v) is 20.5. The van der Waals surface area contributed by atoms with Crippen LogP contribution >= 0.6 is 0 Å². The Hall–Kier alpha value is -2.71. The van der Waals surface area contributed by atoms with E-state index in [4.69, 9.17) is 0 Å². The first-order valence-corrected chi connectivity index (χ1v) is 13.0. The lowest BCUT2D eigenvalue weighted by molar-refractivity contribution is -0.127. The van der Waals surface area contributed by atoms with Crippen molar-refractivity contribution >= 4 is 27.3 Å². The van der Waals surface area contributed by atoms with Crippen LogP contribution in [0.4, 0.5) is 5.69 Å². The van der Waals surface area contributed by atoms with Gasteiger partial charge in [0.1, 0.15) is 0 Å². The lowest BCUT2D eigenvalue weighted by atomic mass is 9.94. The first-order chi connectivity index (χ1) is 15.4. The normalized spacial score (nSPS) is 15.8. The molecular formula is C25H33N3O4S. The van der Waals surface area contributed by atoms with Gasteiger partial charge in [-0.2, -0.15) is 0 Å². The Bertz CT molecular complexity index is 1100. The lowest BCUT2D eigenvalue weighted by Gasteiger charge is -2.33. The van der Waals surface area contributed by atoms with E-state index in [1.54, 1.807) is 0 Å². The van der Waals surface area contributed by atoms with E-state index in [0.29, 0.717) is 11.3 Å². The highest BCUT2D eigenvalue weighted by atomic mass is 32.2. The Morgan fingerprint density at radius 1 is 1.03 bits per heavy atom. The number of amides is 2. The molecule has 0 atom stereocenters. The van der Waals surface area contributed by atoms with Crippen LogP contribution in [0.3, 0.4) is 0 Å². The fraction of sp³-hybridized carbons (Fsp3) is 0.440. The summed E-state index contributed by atoms with van der Waals surface area (Å²) in [5.41, 5.74) is 1.94. The van der Waals surface area contributed by atoms with Gasteiger partial charge in [-0.3, -0.25) is 14.5 Å². The predicted octanol–water partition coefficient (Wildman–Crippen LogP) is 3.47. The fourth-order valence-corrected chi connectivity index (χ4v) is 4.52. The summed E-state index contributed by atoms with van der Waals surface area (Å²) in [5.74, 6) is -0.102. The third-order valence-corrected chi connectivity index (χ3v) is 6.72. The van der Waals surface area contributed by atoms with Crippen LogP contribution < -0.4 is 10.6 Å². The summed E-state index contributed by atoms with van der Waals surface area (Å²) in [7, 11) is -3.30. The lowest BCUT2D eigenvalue weighted by Crippen LogP contribution is -2.46. The van der Waals surface area contributed by atoms with Crippen LogP contribution in [0.5, 0.6) is 0 Å². The Morgan fingerprint density at radius 3 is 2.24 bits per heavy atom. The molecule has 1 aliphatic rings. The molecule has 0 unspecified atom stereocenters. The Morgan fingerprint density at radius 2 is 1.67 bits per heavy atom. The molecule has 2 aromatic rings. The van der Waals surface area contributed by atoms with Gasteiger partial charge in [0.25, 0.3) is 5.91 Å². The van der Waals surface area contributed by atoms with E-state index in [0.717, 1.165) is 44.3 Å². The molecule has 2 N–H and O–H groups in total. The summed E-state index contributed by atoms with van der Waals surface area (Å²) in [6.07, 6.45) is 2.81. The van der Waals surface area contributed by atoms with Crippen molar-refractivity contribution in [2.75, 3.05) is 24.7 Å². The van der Waals surface area contributed by atoms with Crippen LogP contribution in [0, 0.1) is 5.92 Å². The molecule has 33 heavy (non-hydrogen) atoms. The molecule has 7 nitrogen and oxygen atoms in total. The molecule has 0 radical (unpaired) electrons. The van der Waals surface area contributed by atoms with Crippen LogP contribution in [-0.4, -0.2) is 50.0 Å². The highest BCUT2D eigenvalue weighted by molar-refractivity contribution is 7.90. The SMILES string of the molecule is CC(C)(C)NC(=O)C1CCN(Cc2cccc(NC(=O)c3ccc(S(C)(=O)=O)cc3)c2)CC1. The second-order valence-electron chi connectivity index (χ2n) is 9.74. The van der Waals surface area contributed by atoms with Gasteiger partial charge >= 0.3 is 0 Å². The van der Waals surface area contributed by atoms with Gasteiger partial charge in [0.05, 0.1) is 4.90 Å². The monoisotopic (exact) mass is 471 g/mol. The van der Waals surface area contributed by atoms with Crippen molar-refractivity contribution in [3.8, 4) is 0 Å². The molecule has 0 saturated carbocycles. The van der Waals surface area contributed by atoms with Gasteiger partial charge in [-0.25, -0.2) is 8.42 Å². The summed E-state index contributed by atoms with van der Waals surface area (Å²) in [6, 6.07) is 13.6. The minimum atomic E-state index is -3.30. The minimum absolute atomic E-state index is 0.0557. The maximum absolute atomic E-state index is 12.6.